The van der Waals surface area contributed by atoms with Crippen LogP contribution in [-0.4, -0.2) is 47.1 Å². The number of para-hydroxylation sites is 1. The highest BCUT2D eigenvalue weighted by atomic mass is 16.5. The third-order valence-corrected chi connectivity index (χ3v) is 3.69. The van der Waals surface area contributed by atoms with Crippen LogP contribution < -0.4 is 19.5 Å². The van der Waals surface area contributed by atoms with E-state index in [1.165, 1.54) is 0 Å². The van der Waals surface area contributed by atoms with Crippen molar-refractivity contribution in [3.63, 3.8) is 0 Å². The van der Waals surface area contributed by atoms with Gasteiger partial charge in [-0.25, -0.2) is 0 Å². The van der Waals surface area contributed by atoms with Gasteiger partial charge >= 0.3 is 0 Å². The van der Waals surface area contributed by atoms with E-state index in [4.69, 9.17) is 18.9 Å². The van der Waals surface area contributed by atoms with Crippen molar-refractivity contribution in [3.05, 3.63) is 18.2 Å². The predicted molar refractivity (Wildman–Crippen MR) is 76.8 cm³/mol. The largest absolute Gasteiger partial charge is 0.493 e. The Morgan fingerprint density at radius 2 is 2.00 bits per heavy atom. The lowest BCUT2D eigenvalue weighted by Crippen LogP contribution is -2.39. The highest BCUT2D eigenvalue weighted by molar-refractivity contribution is 5.51. The quantitative estimate of drug-likeness (QED) is 0.824. The zero-order valence-electron chi connectivity index (χ0n) is 12.3. The van der Waals surface area contributed by atoms with Crippen LogP contribution in [0.2, 0.25) is 0 Å². The molecule has 1 aromatic rings. The van der Waals surface area contributed by atoms with Crippen molar-refractivity contribution >= 4 is 0 Å². The molecule has 1 aliphatic rings. The molecule has 20 heavy (non-hydrogen) atoms. The van der Waals surface area contributed by atoms with Crippen molar-refractivity contribution in [2.24, 2.45) is 5.92 Å². The molecule has 1 aliphatic heterocycles. The minimum absolute atomic E-state index is 0.257. The van der Waals surface area contributed by atoms with Crippen molar-refractivity contribution in [2.45, 2.75) is 12.5 Å². The molecule has 5 heteroatoms. The van der Waals surface area contributed by atoms with Crippen molar-refractivity contribution < 1.29 is 18.9 Å². The second kappa shape index (κ2) is 7.36. The number of rotatable bonds is 7. The number of hydrogen-bond donors (Lipinski definition) is 1. The van der Waals surface area contributed by atoms with E-state index in [2.05, 4.69) is 5.32 Å². The summed E-state index contributed by atoms with van der Waals surface area (Å²) in [7, 11) is 5.20. The van der Waals surface area contributed by atoms with Crippen LogP contribution >= 0.6 is 0 Å². The summed E-state index contributed by atoms with van der Waals surface area (Å²) in [6.07, 6.45) is 1.07. The summed E-state index contributed by atoms with van der Waals surface area (Å²) in [4.78, 5) is 0. The Bertz CT molecular complexity index is 396. The Balaban J connectivity index is 2.05. The second-order valence-corrected chi connectivity index (χ2v) is 4.82. The number of likely N-dealkylation sites (N-methyl/N-ethyl adjacent to an activating group) is 1. The number of nitrogens with one attached hydrogen (secondary N) is 1. The molecule has 5 nitrogen and oxygen atoms in total. The molecule has 1 N–H and O–H groups in total. The number of methoxy groups -OCH3 is 2. The van der Waals surface area contributed by atoms with Gasteiger partial charge in [-0.05, 0) is 25.6 Å². The highest BCUT2D eigenvalue weighted by Gasteiger charge is 2.25. The van der Waals surface area contributed by atoms with E-state index < -0.39 is 0 Å². The van der Waals surface area contributed by atoms with Crippen molar-refractivity contribution in [1.82, 2.24) is 5.32 Å². The van der Waals surface area contributed by atoms with Gasteiger partial charge in [0.25, 0.3) is 0 Å². The van der Waals surface area contributed by atoms with Gasteiger partial charge in [-0.2, -0.15) is 0 Å². The fourth-order valence-electron chi connectivity index (χ4n) is 2.46. The molecular weight excluding hydrogens is 258 g/mol. The number of ether oxygens (including phenoxy) is 4. The fourth-order valence-corrected chi connectivity index (χ4v) is 2.46. The first-order chi connectivity index (χ1) is 9.80. The highest BCUT2D eigenvalue weighted by Crippen LogP contribution is 2.37. The van der Waals surface area contributed by atoms with Gasteiger partial charge in [-0.3, -0.25) is 0 Å². The lowest BCUT2D eigenvalue weighted by atomic mass is 10.00. The molecule has 2 unspecified atom stereocenters. The predicted octanol–water partition coefficient (Wildman–Crippen LogP) is 1.71. The Labute approximate surface area is 120 Å². The van der Waals surface area contributed by atoms with E-state index in [0.29, 0.717) is 29.8 Å². The maximum Gasteiger partial charge on any atom is 0.203 e. The van der Waals surface area contributed by atoms with Gasteiger partial charge in [0.05, 0.1) is 20.8 Å². The molecule has 1 aromatic carbocycles. The van der Waals surface area contributed by atoms with Gasteiger partial charge < -0.3 is 24.3 Å². The van der Waals surface area contributed by atoms with E-state index >= 15 is 0 Å². The molecule has 0 bridgehead atoms. The normalized spacial score (nSPS) is 19.6. The molecule has 0 radical (unpaired) electrons. The molecule has 1 heterocycles. The van der Waals surface area contributed by atoms with Gasteiger partial charge in [0.1, 0.15) is 6.61 Å². The fraction of sp³-hybridized carbons (Fsp3) is 0.600. The SMILES string of the molecule is CNC(COc1c(OC)cccc1OC)C1CCOC1. The summed E-state index contributed by atoms with van der Waals surface area (Å²) >= 11 is 0. The van der Waals surface area contributed by atoms with Crippen LogP contribution in [0.15, 0.2) is 18.2 Å². The van der Waals surface area contributed by atoms with E-state index in [9.17, 15) is 0 Å². The van der Waals surface area contributed by atoms with Gasteiger partial charge in [0.15, 0.2) is 11.5 Å². The first-order valence-electron chi connectivity index (χ1n) is 6.89. The second-order valence-electron chi connectivity index (χ2n) is 4.82. The van der Waals surface area contributed by atoms with Gasteiger partial charge in [0.2, 0.25) is 5.75 Å². The van der Waals surface area contributed by atoms with E-state index in [-0.39, 0.29) is 6.04 Å². The number of benzene rings is 1. The van der Waals surface area contributed by atoms with Gasteiger partial charge in [-0.1, -0.05) is 6.07 Å². The van der Waals surface area contributed by atoms with Crippen molar-refractivity contribution in [1.29, 1.82) is 0 Å². The van der Waals surface area contributed by atoms with E-state index in [1.807, 2.05) is 25.2 Å². The first kappa shape index (κ1) is 14.9. The zero-order chi connectivity index (χ0) is 14.4. The van der Waals surface area contributed by atoms with Gasteiger partial charge in [0, 0.05) is 18.6 Å². The summed E-state index contributed by atoms with van der Waals surface area (Å²) in [6.45, 7) is 2.18. The lowest BCUT2D eigenvalue weighted by molar-refractivity contribution is 0.160. The summed E-state index contributed by atoms with van der Waals surface area (Å²) in [5, 5.41) is 3.30. The third kappa shape index (κ3) is 3.35. The van der Waals surface area contributed by atoms with Crippen LogP contribution in [0, 0.1) is 5.92 Å². The van der Waals surface area contributed by atoms with Gasteiger partial charge in [-0.15, -0.1) is 0 Å². The van der Waals surface area contributed by atoms with Crippen molar-refractivity contribution in [3.8, 4) is 17.2 Å². The standard InChI is InChI=1S/C15H23NO4/c1-16-12(11-7-8-19-9-11)10-20-15-13(17-2)5-4-6-14(15)18-3/h4-6,11-12,16H,7-10H2,1-3H3. The maximum absolute atomic E-state index is 5.95. The maximum atomic E-state index is 5.95. The van der Waals surface area contributed by atoms with E-state index in [1.54, 1.807) is 14.2 Å². The summed E-state index contributed by atoms with van der Waals surface area (Å²) in [5.74, 6) is 2.50. The van der Waals surface area contributed by atoms with Crippen LogP contribution in [0.5, 0.6) is 17.2 Å². The average Bonchev–Trinajstić information content (AvgIpc) is 3.02. The molecule has 0 amide bonds. The Hall–Kier alpha value is -1.46. The van der Waals surface area contributed by atoms with Crippen LogP contribution in [0.25, 0.3) is 0 Å². The molecule has 1 fully saturated rings. The molecule has 112 valence electrons. The minimum Gasteiger partial charge on any atom is -0.493 e. The molecule has 0 spiro atoms. The topological polar surface area (TPSA) is 49.0 Å². The Morgan fingerprint density at radius 1 is 1.30 bits per heavy atom. The molecular formula is C15H23NO4. The zero-order valence-corrected chi connectivity index (χ0v) is 12.3. The monoisotopic (exact) mass is 281 g/mol. The smallest absolute Gasteiger partial charge is 0.203 e. The molecule has 1 saturated heterocycles. The van der Waals surface area contributed by atoms with Crippen LogP contribution in [0.3, 0.4) is 0 Å². The summed E-state index contributed by atoms with van der Waals surface area (Å²) in [6, 6.07) is 5.87. The summed E-state index contributed by atoms with van der Waals surface area (Å²) in [5.41, 5.74) is 0. The van der Waals surface area contributed by atoms with E-state index in [0.717, 1.165) is 19.6 Å². The van der Waals surface area contributed by atoms with Crippen LogP contribution in [0.4, 0.5) is 0 Å². The molecule has 0 aromatic heterocycles. The first-order valence-corrected chi connectivity index (χ1v) is 6.89. The number of hydrogen-bond acceptors (Lipinski definition) is 5. The van der Waals surface area contributed by atoms with Crippen LogP contribution in [-0.2, 0) is 4.74 Å². The van der Waals surface area contributed by atoms with Crippen LogP contribution in [0.1, 0.15) is 6.42 Å². The summed E-state index contributed by atoms with van der Waals surface area (Å²) < 4.78 is 22.0. The molecule has 0 saturated carbocycles. The lowest BCUT2D eigenvalue weighted by Gasteiger charge is -2.23. The Kier molecular flexibility index (Phi) is 5.49. The molecule has 2 atom stereocenters. The third-order valence-electron chi connectivity index (χ3n) is 3.69. The minimum atomic E-state index is 0.257. The molecule has 2 rings (SSSR count). The van der Waals surface area contributed by atoms with Crippen molar-refractivity contribution in [2.75, 3.05) is 41.1 Å². The average molecular weight is 281 g/mol. The molecule has 0 aliphatic carbocycles. The Morgan fingerprint density at radius 3 is 2.50 bits per heavy atom.